The number of rotatable bonds is 8. The average Bonchev–Trinajstić information content (AvgIpc) is 2.83. The molecule has 2 N–H and O–H groups in total. The summed E-state index contributed by atoms with van der Waals surface area (Å²) in [6, 6.07) is 4.63. The summed E-state index contributed by atoms with van der Waals surface area (Å²) in [5.41, 5.74) is 0.927. The Bertz CT molecular complexity index is 492. The first-order valence-electron chi connectivity index (χ1n) is 7.42. The lowest BCUT2D eigenvalue weighted by molar-refractivity contribution is -0.137. The van der Waals surface area contributed by atoms with Crippen LogP contribution >= 0.6 is 0 Å². The molecule has 2 rings (SSSR count). The molecule has 1 heterocycles. The molecule has 1 aromatic carbocycles. The fourth-order valence-electron chi connectivity index (χ4n) is 2.53. The number of carboxylic acid groups (broad SMARTS) is 1. The summed E-state index contributed by atoms with van der Waals surface area (Å²) in [5, 5.41) is 12.0. The van der Waals surface area contributed by atoms with Gasteiger partial charge in [-0.25, -0.2) is 4.39 Å². The van der Waals surface area contributed by atoms with Gasteiger partial charge in [0.05, 0.1) is 0 Å². The van der Waals surface area contributed by atoms with Crippen molar-refractivity contribution in [2.45, 2.75) is 38.7 Å². The van der Waals surface area contributed by atoms with Gasteiger partial charge in [-0.3, -0.25) is 4.79 Å². The van der Waals surface area contributed by atoms with E-state index in [-0.39, 0.29) is 18.3 Å². The summed E-state index contributed by atoms with van der Waals surface area (Å²) in [7, 11) is 0. The third-order valence-corrected chi connectivity index (χ3v) is 3.80. The fourth-order valence-corrected chi connectivity index (χ4v) is 2.53. The maximum atomic E-state index is 13.1. The molecule has 1 aliphatic heterocycles. The third kappa shape index (κ3) is 5.01. The lowest BCUT2D eigenvalue weighted by atomic mass is 10.0. The number of carboxylic acids is 1. The van der Waals surface area contributed by atoms with Crippen LogP contribution in [0.3, 0.4) is 0 Å². The van der Waals surface area contributed by atoms with E-state index in [4.69, 9.17) is 9.84 Å². The number of fused-ring (bicyclic) bond motifs is 1. The zero-order chi connectivity index (χ0) is 15.2. The van der Waals surface area contributed by atoms with E-state index >= 15 is 0 Å². The summed E-state index contributed by atoms with van der Waals surface area (Å²) in [6.07, 6.45) is 2.67. The number of hydrogen-bond donors (Lipinski definition) is 2. The topological polar surface area (TPSA) is 58.6 Å². The van der Waals surface area contributed by atoms with Crippen molar-refractivity contribution in [3.63, 3.8) is 0 Å². The molecule has 0 aromatic heterocycles. The molecule has 0 amide bonds. The van der Waals surface area contributed by atoms with Gasteiger partial charge < -0.3 is 15.2 Å². The van der Waals surface area contributed by atoms with E-state index in [1.165, 1.54) is 12.1 Å². The number of hydrogen-bond acceptors (Lipinski definition) is 3. The Morgan fingerprint density at radius 2 is 2.33 bits per heavy atom. The number of nitrogens with one attached hydrogen (secondary N) is 1. The quantitative estimate of drug-likeness (QED) is 0.724. The molecule has 2 atom stereocenters. The minimum atomic E-state index is -0.737. The molecule has 0 fully saturated rings. The molecule has 1 aromatic rings. The van der Waals surface area contributed by atoms with Crippen molar-refractivity contribution in [2.75, 3.05) is 13.1 Å². The minimum absolute atomic E-state index is 0.0520. The normalized spacial score (nSPS) is 18.1. The Hall–Kier alpha value is -1.62. The van der Waals surface area contributed by atoms with Crippen LogP contribution in [0.5, 0.6) is 5.75 Å². The van der Waals surface area contributed by atoms with Crippen LogP contribution in [0, 0.1) is 11.7 Å². The number of aliphatic carboxylic acids is 1. The summed E-state index contributed by atoms with van der Waals surface area (Å²) in [5.74, 6) is 0.208. The van der Waals surface area contributed by atoms with E-state index in [0.29, 0.717) is 12.3 Å². The number of halogens is 1. The van der Waals surface area contributed by atoms with Gasteiger partial charge in [0.1, 0.15) is 17.7 Å². The highest BCUT2D eigenvalue weighted by atomic mass is 19.1. The molecular formula is C16H22FNO3. The molecule has 21 heavy (non-hydrogen) atoms. The standard InChI is InChI=1S/C16H22FNO3/c1-11(2-5-16(19)20)6-7-18-10-14-9-12-8-13(17)3-4-15(12)21-14/h3-4,8,11,14,18H,2,5-7,9-10H2,1H3,(H,19,20). The highest BCUT2D eigenvalue weighted by Crippen LogP contribution is 2.28. The van der Waals surface area contributed by atoms with Crippen LogP contribution in [0.4, 0.5) is 4.39 Å². The number of carbonyl (C=O) groups is 1. The average molecular weight is 295 g/mol. The Morgan fingerprint density at radius 1 is 1.52 bits per heavy atom. The minimum Gasteiger partial charge on any atom is -0.488 e. The molecule has 0 bridgehead atoms. The first kappa shape index (κ1) is 15.8. The van der Waals surface area contributed by atoms with Gasteiger partial charge in [0.2, 0.25) is 0 Å². The van der Waals surface area contributed by atoms with E-state index in [1.807, 2.05) is 0 Å². The van der Waals surface area contributed by atoms with Crippen molar-refractivity contribution in [3.8, 4) is 5.75 Å². The van der Waals surface area contributed by atoms with Gasteiger partial charge in [0.25, 0.3) is 0 Å². The second-order valence-corrected chi connectivity index (χ2v) is 5.73. The van der Waals surface area contributed by atoms with Crippen molar-refractivity contribution in [2.24, 2.45) is 5.92 Å². The summed E-state index contributed by atoms with van der Waals surface area (Å²) >= 11 is 0. The Morgan fingerprint density at radius 3 is 3.10 bits per heavy atom. The second-order valence-electron chi connectivity index (χ2n) is 5.73. The summed E-state index contributed by atoms with van der Waals surface area (Å²) < 4.78 is 18.8. The highest BCUT2D eigenvalue weighted by Gasteiger charge is 2.22. The van der Waals surface area contributed by atoms with Gasteiger partial charge in [-0.2, -0.15) is 0 Å². The van der Waals surface area contributed by atoms with Gasteiger partial charge in [0.15, 0.2) is 0 Å². The van der Waals surface area contributed by atoms with Crippen LogP contribution in [0.15, 0.2) is 18.2 Å². The molecule has 0 saturated heterocycles. The van der Waals surface area contributed by atoms with Gasteiger partial charge in [-0.15, -0.1) is 0 Å². The molecule has 116 valence electrons. The van der Waals surface area contributed by atoms with Crippen molar-refractivity contribution < 1.29 is 19.0 Å². The zero-order valence-corrected chi connectivity index (χ0v) is 12.3. The zero-order valence-electron chi connectivity index (χ0n) is 12.3. The second kappa shape index (κ2) is 7.41. The maximum absolute atomic E-state index is 13.1. The van der Waals surface area contributed by atoms with E-state index in [1.54, 1.807) is 6.07 Å². The molecule has 0 aliphatic carbocycles. The van der Waals surface area contributed by atoms with E-state index < -0.39 is 5.97 Å². The van der Waals surface area contributed by atoms with Crippen LogP contribution < -0.4 is 10.1 Å². The Labute approximate surface area is 124 Å². The lowest BCUT2D eigenvalue weighted by Crippen LogP contribution is -2.31. The SMILES string of the molecule is CC(CCNCC1Cc2cc(F)ccc2O1)CCC(=O)O. The molecule has 2 unspecified atom stereocenters. The lowest BCUT2D eigenvalue weighted by Gasteiger charge is -2.14. The maximum Gasteiger partial charge on any atom is 0.303 e. The highest BCUT2D eigenvalue weighted by molar-refractivity contribution is 5.66. The van der Waals surface area contributed by atoms with Crippen LogP contribution in [-0.4, -0.2) is 30.3 Å². The number of benzene rings is 1. The van der Waals surface area contributed by atoms with E-state index in [9.17, 15) is 9.18 Å². The molecule has 0 radical (unpaired) electrons. The van der Waals surface area contributed by atoms with Crippen molar-refractivity contribution in [1.29, 1.82) is 0 Å². The summed E-state index contributed by atoms with van der Waals surface area (Å²) in [6.45, 7) is 3.63. The smallest absolute Gasteiger partial charge is 0.303 e. The van der Waals surface area contributed by atoms with Crippen molar-refractivity contribution in [3.05, 3.63) is 29.6 Å². The first-order chi connectivity index (χ1) is 10.0. The molecule has 5 heteroatoms. The third-order valence-electron chi connectivity index (χ3n) is 3.80. The molecule has 0 saturated carbocycles. The van der Waals surface area contributed by atoms with Crippen molar-refractivity contribution >= 4 is 5.97 Å². The molecule has 4 nitrogen and oxygen atoms in total. The van der Waals surface area contributed by atoms with Crippen LogP contribution in [0.2, 0.25) is 0 Å². The monoisotopic (exact) mass is 295 g/mol. The predicted octanol–water partition coefficient (Wildman–Crippen LogP) is 2.61. The molecule has 1 aliphatic rings. The Kier molecular flexibility index (Phi) is 5.56. The van der Waals surface area contributed by atoms with Crippen molar-refractivity contribution in [1.82, 2.24) is 5.32 Å². The van der Waals surface area contributed by atoms with Crippen LogP contribution in [0.25, 0.3) is 0 Å². The first-order valence-corrected chi connectivity index (χ1v) is 7.42. The Balaban J connectivity index is 1.61. The van der Waals surface area contributed by atoms with Gasteiger partial charge >= 0.3 is 5.97 Å². The summed E-state index contributed by atoms with van der Waals surface area (Å²) in [4.78, 5) is 10.5. The van der Waals surface area contributed by atoms with Gasteiger partial charge in [-0.1, -0.05) is 6.92 Å². The largest absolute Gasteiger partial charge is 0.488 e. The predicted molar refractivity (Wildman–Crippen MR) is 78.0 cm³/mol. The van der Waals surface area contributed by atoms with E-state index in [0.717, 1.165) is 37.2 Å². The molecule has 0 spiro atoms. The van der Waals surface area contributed by atoms with Crippen LogP contribution in [-0.2, 0) is 11.2 Å². The fraction of sp³-hybridized carbons (Fsp3) is 0.562. The van der Waals surface area contributed by atoms with E-state index in [2.05, 4.69) is 12.2 Å². The van der Waals surface area contributed by atoms with Gasteiger partial charge in [0, 0.05) is 24.9 Å². The number of ether oxygens (including phenoxy) is 1. The van der Waals surface area contributed by atoms with Crippen LogP contribution in [0.1, 0.15) is 31.7 Å². The molecular weight excluding hydrogens is 273 g/mol. The van der Waals surface area contributed by atoms with Gasteiger partial charge in [-0.05, 0) is 43.5 Å².